The van der Waals surface area contributed by atoms with Gasteiger partial charge < -0.3 is 4.74 Å². The van der Waals surface area contributed by atoms with Crippen molar-refractivity contribution in [3.63, 3.8) is 0 Å². The summed E-state index contributed by atoms with van der Waals surface area (Å²) in [5, 5.41) is 0. The first-order chi connectivity index (χ1) is 8.74. The summed E-state index contributed by atoms with van der Waals surface area (Å²) in [4.78, 5) is 23.9. The van der Waals surface area contributed by atoms with Crippen LogP contribution in [0.1, 0.15) is 26.3 Å². The zero-order valence-electron chi connectivity index (χ0n) is 9.92. The second kappa shape index (κ2) is 5.27. The van der Waals surface area contributed by atoms with Crippen molar-refractivity contribution >= 4 is 11.8 Å². The average Bonchev–Trinajstić information content (AvgIpc) is 2.46. The number of methoxy groups -OCH3 is 1. The van der Waals surface area contributed by atoms with Crippen molar-refractivity contribution in [2.75, 3.05) is 7.11 Å². The molecule has 0 aliphatic rings. The Labute approximate surface area is 105 Å². The third-order valence-corrected chi connectivity index (χ3v) is 2.61. The number of carbonyl (C=O) groups excluding carboxylic acids is 2. The monoisotopic (exact) mass is 240 g/mol. The Balaban J connectivity index is 2.46. The second-order valence-corrected chi connectivity index (χ2v) is 3.73. The molecule has 0 aromatic heterocycles. The molecule has 0 unspecified atom stereocenters. The minimum absolute atomic E-state index is 0.184. The van der Waals surface area contributed by atoms with Crippen LogP contribution in [0.3, 0.4) is 0 Å². The Kier molecular flexibility index (Phi) is 3.53. The highest BCUT2D eigenvalue weighted by Gasteiger charge is 2.17. The molecule has 2 rings (SSSR count). The van der Waals surface area contributed by atoms with E-state index >= 15 is 0 Å². The van der Waals surface area contributed by atoms with E-state index in [0.29, 0.717) is 11.1 Å². The molecule has 2 aromatic rings. The number of hydrogen-bond acceptors (Lipinski definition) is 3. The van der Waals surface area contributed by atoms with E-state index in [2.05, 4.69) is 4.74 Å². The zero-order valence-corrected chi connectivity index (χ0v) is 9.92. The number of hydrogen-bond donors (Lipinski definition) is 0. The molecule has 0 fully saturated rings. The third kappa shape index (κ3) is 2.30. The van der Waals surface area contributed by atoms with Crippen molar-refractivity contribution < 1.29 is 14.3 Å². The van der Waals surface area contributed by atoms with Crippen molar-refractivity contribution in [2.24, 2.45) is 0 Å². The SMILES string of the molecule is COC(=O)c1ccccc1C(=O)c1ccccc1. The van der Waals surface area contributed by atoms with Crippen molar-refractivity contribution in [1.29, 1.82) is 0 Å². The van der Waals surface area contributed by atoms with Gasteiger partial charge in [0.25, 0.3) is 0 Å². The van der Waals surface area contributed by atoms with E-state index in [0.717, 1.165) is 0 Å². The molecular weight excluding hydrogens is 228 g/mol. The van der Waals surface area contributed by atoms with Crippen LogP contribution < -0.4 is 0 Å². The molecule has 0 amide bonds. The smallest absolute Gasteiger partial charge is 0.338 e. The Morgan fingerprint density at radius 3 is 2.00 bits per heavy atom. The van der Waals surface area contributed by atoms with Crippen LogP contribution in [-0.2, 0) is 4.74 Å². The van der Waals surface area contributed by atoms with Crippen molar-refractivity contribution in [2.45, 2.75) is 0 Å². The van der Waals surface area contributed by atoms with Crippen LogP contribution >= 0.6 is 0 Å². The fraction of sp³-hybridized carbons (Fsp3) is 0.0667. The highest BCUT2D eigenvalue weighted by atomic mass is 16.5. The summed E-state index contributed by atoms with van der Waals surface area (Å²) in [5.41, 5.74) is 1.19. The fourth-order valence-electron chi connectivity index (χ4n) is 1.71. The first kappa shape index (κ1) is 12.0. The van der Waals surface area contributed by atoms with Gasteiger partial charge in [0.15, 0.2) is 5.78 Å². The number of rotatable bonds is 3. The van der Waals surface area contributed by atoms with E-state index in [1.54, 1.807) is 48.5 Å². The summed E-state index contributed by atoms with van der Waals surface area (Å²) in [7, 11) is 1.30. The van der Waals surface area contributed by atoms with Gasteiger partial charge in [-0.15, -0.1) is 0 Å². The lowest BCUT2D eigenvalue weighted by Gasteiger charge is -2.06. The summed E-state index contributed by atoms with van der Waals surface area (Å²) in [6.45, 7) is 0. The van der Waals surface area contributed by atoms with Gasteiger partial charge >= 0.3 is 5.97 Å². The fourth-order valence-corrected chi connectivity index (χ4v) is 1.71. The molecule has 0 saturated heterocycles. The molecule has 90 valence electrons. The number of ether oxygens (including phenoxy) is 1. The van der Waals surface area contributed by atoms with Crippen LogP contribution in [0.25, 0.3) is 0 Å². The Morgan fingerprint density at radius 1 is 0.833 bits per heavy atom. The molecule has 0 spiro atoms. The topological polar surface area (TPSA) is 43.4 Å². The molecule has 0 radical (unpaired) electrons. The van der Waals surface area contributed by atoms with Gasteiger partial charge in [0.2, 0.25) is 0 Å². The van der Waals surface area contributed by atoms with Gasteiger partial charge in [-0.05, 0) is 6.07 Å². The number of esters is 1. The normalized spacial score (nSPS) is 9.83. The zero-order chi connectivity index (χ0) is 13.0. The molecule has 2 aromatic carbocycles. The molecule has 3 heteroatoms. The molecule has 0 atom stereocenters. The molecular formula is C15H12O3. The maximum Gasteiger partial charge on any atom is 0.338 e. The first-order valence-corrected chi connectivity index (χ1v) is 5.51. The van der Waals surface area contributed by atoms with Crippen molar-refractivity contribution in [3.8, 4) is 0 Å². The van der Waals surface area contributed by atoms with Crippen LogP contribution in [0.5, 0.6) is 0 Å². The Morgan fingerprint density at radius 2 is 1.39 bits per heavy atom. The van der Waals surface area contributed by atoms with Gasteiger partial charge in [-0.3, -0.25) is 4.79 Å². The predicted molar refractivity (Wildman–Crippen MR) is 67.7 cm³/mol. The third-order valence-electron chi connectivity index (χ3n) is 2.61. The van der Waals surface area contributed by atoms with Gasteiger partial charge in [-0.1, -0.05) is 48.5 Å². The lowest BCUT2D eigenvalue weighted by molar-refractivity contribution is 0.0597. The van der Waals surface area contributed by atoms with Crippen molar-refractivity contribution in [1.82, 2.24) is 0 Å². The van der Waals surface area contributed by atoms with E-state index in [9.17, 15) is 9.59 Å². The average molecular weight is 240 g/mol. The lowest BCUT2D eigenvalue weighted by Crippen LogP contribution is -2.11. The number of benzene rings is 2. The number of ketones is 1. The van der Waals surface area contributed by atoms with E-state index in [1.165, 1.54) is 7.11 Å². The highest BCUT2D eigenvalue weighted by Crippen LogP contribution is 2.15. The summed E-state index contributed by atoms with van der Waals surface area (Å²) in [6, 6.07) is 15.5. The first-order valence-electron chi connectivity index (χ1n) is 5.51. The summed E-state index contributed by atoms with van der Waals surface area (Å²) in [5.74, 6) is -0.688. The second-order valence-electron chi connectivity index (χ2n) is 3.73. The van der Waals surface area contributed by atoms with Crippen LogP contribution in [-0.4, -0.2) is 18.9 Å². The molecule has 0 bridgehead atoms. The van der Waals surface area contributed by atoms with Gasteiger partial charge in [0.1, 0.15) is 0 Å². The van der Waals surface area contributed by atoms with Crippen LogP contribution in [0.2, 0.25) is 0 Å². The summed E-state index contributed by atoms with van der Waals surface area (Å²) >= 11 is 0. The molecule has 0 aliphatic carbocycles. The maximum atomic E-state index is 12.3. The molecule has 0 saturated carbocycles. The Hall–Kier alpha value is -2.42. The largest absolute Gasteiger partial charge is 0.465 e. The predicted octanol–water partition coefficient (Wildman–Crippen LogP) is 2.70. The highest BCUT2D eigenvalue weighted by molar-refractivity contribution is 6.14. The van der Waals surface area contributed by atoms with Crippen LogP contribution in [0.4, 0.5) is 0 Å². The molecule has 0 aliphatic heterocycles. The van der Waals surface area contributed by atoms with Gasteiger partial charge in [0.05, 0.1) is 12.7 Å². The lowest BCUT2D eigenvalue weighted by atomic mass is 9.98. The van der Waals surface area contributed by atoms with E-state index in [4.69, 9.17) is 0 Å². The molecule has 0 N–H and O–H groups in total. The molecule has 18 heavy (non-hydrogen) atoms. The minimum atomic E-state index is -0.505. The minimum Gasteiger partial charge on any atom is -0.465 e. The standard InChI is InChI=1S/C15H12O3/c1-18-15(17)13-10-6-5-9-12(13)14(16)11-7-3-2-4-8-11/h2-10H,1H3. The molecule has 3 nitrogen and oxygen atoms in total. The molecule has 0 heterocycles. The maximum absolute atomic E-state index is 12.3. The van der Waals surface area contributed by atoms with Gasteiger partial charge in [-0.25, -0.2) is 4.79 Å². The van der Waals surface area contributed by atoms with Crippen LogP contribution in [0.15, 0.2) is 54.6 Å². The number of carbonyl (C=O) groups is 2. The summed E-state index contributed by atoms with van der Waals surface area (Å²) < 4.78 is 4.67. The van der Waals surface area contributed by atoms with Crippen molar-refractivity contribution in [3.05, 3.63) is 71.3 Å². The van der Waals surface area contributed by atoms with Gasteiger partial charge in [-0.2, -0.15) is 0 Å². The van der Waals surface area contributed by atoms with E-state index in [-0.39, 0.29) is 11.3 Å². The van der Waals surface area contributed by atoms with Crippen LogP contribution in [0, 0.1) is 0 Å². The Bertz CT molecular complexity index is 573. The van der Waals surface area contributed by atoms with E-state index < -0.39 is 5.97 Å². The summed E-state index contributed by atoms with van der Waals surface area (Å²) in [6.07, 6.45) is 0. The quantitative estimate of drug-likeness (QED) is 0.612. The van der Waals surface area contributed by atoms with Gasteiger partial charge in [0, 0.05) is 11.1 Å². The van der Waals surface area contributed by atoms with E-state index in [1.807, 2.05) is 6.07 Å².